The molecule has 1 heteroatoms. The Morgan fingerprint density at radius 2 is 2.58 bits per heavy atom. The van der Waals surface area contributed by atoms with E-state index in [2.05, 4.69) is 24.7 Å². The number of terminal acetylenes is 1. The van der Waals surface area contributed by atoms with Gasteiger partial charge in [-0.1, -0.05) is 18.2 Å². The third kappa shape index (κ3) is 1.99. The van der Waals surface area contributed by atoms with E-state index in [4.69, 9.17) is 11.2 Å². The van der Waals surface area contributed by atoms with Crippen molar-refractivity contribution in [3.63, 3.8) is 0 Å². The van der Waals surface area contributed by atoms with E-state index in [9.17, 15) is 0 Å². The van der Waals surface area contributed by atoms with Gasteiger partial charge in [0.15, 0.2) is 0 Å². The lowest BCUT2D eigenvalue weighted by Crippen LogP contribution is -2.27. The third-order valence-corrected chi connectivity index (χ3v) is 2.05. The maximum Gasteiger partial charge on any atom is 0.0978 e. The predicted molar refractivity (Wildman–Crippen MR) is 50.7 cm³/mol. The fourth-order valence-electron chi connectivity index (χ4n) is 1.43. The van der Waals surface area contributed by atoms with Crippen molar-refractivity contribution in [2.75, 3.05) is 6.61 Å². The van der Waals surface area contributed by atoms with Crippen LogP contribution in [0, 0.1) is 12.3 Å². The summed E-state index contributed by atoms with van der Waals surface area (Å²) in [5.41, 5.74) is -0.192. The van der Waals surface area contributed by atoms with Crippen LogP contribution in [0.3, 0.4) is 0 Å². The molecule has 0 aliphatic heterocycles. The SMILES string of the molecule is C#CCC1(OCC=C)C=CCC1. The predicted octanol–water partition coefficient (Wildman–Crippen LogP) is 2.30. The van der Waals surface area contributed by atoms with E-state index in [1.807, 2.05) is 0 Å². The van der Waals surface area contributed by atoms with Gasteiger partial charge in [-0.25, -0.2) is 0 Å². The molecule has 0 amide bonds. The molecular formula is C11H14O. The average molecular weight is 162 g/mol. The maximum atomic E-state index is 5.63. The maximum absolute atomic E-state index is 5.63. The molecule has 1 rings (SSSR count). The quantitative estimate of drug-likeness (QED) is 0.455. The zero-order chi connectivity index (χ0) is 8.86. The van der Waals surface area contributed by atoms with Crippen molar-refractivity contribution in [1.29, 1.82) is 0 Å². The summed E-state index contributed by atoms with van der Waals surface area (Å²) in [5, 5.41) is 0. The van der Waals surface area contributed by atoms with Gasteiger partial charge in [-0.3, -0.25) is 0 Å². The normalized spacial score (nSPS) is 26.9. The van der Waals surface area contributed by atoms with Gasteiger partial charge < -0.3 is 4.74 Å². The molecule has 0 saturated heterocycles. The molecule has 0 aromatic heterocycles. The lowest BCUT2D eigenvalue weighted by atomic mass is 9.99. The molecule has 12 heavy (non-hydrogen) atoms. The fourth-order valence-corrected chi connectivity index (χ4v) is 1.43. The molecule has 0 radical (unpaired) electrons. The summed E-state index contributed by atoms with van der Waals surface area (Å²) < 4.78 is 5.63. The van der Waals surface area contributed by atoms with Crippen LogP contribution in [-0.2, 0) is 4.74 Å². The smallest absolute Gasteiger partial charge is 0.0978 e. The molecule has 1 aliphatic rings. The lowest BCUT2D eigenvalue weighted by Gasteiger charge is -2.24. The zero-order valence-corrected chi connectivity index (χ0v) is 7.25. The molecule has 0 saturated carbocycles. The van der Waals surface area contributed by atoms with Gasteiger partial charge in [0.1, 0.15) is 0 Å². The lowest BCUT2D eigenvalue weighted by molar-refractivity contribution is 0.0128. The number of hydrogen-bond acceptors (Lipinski definition) is 1. The molecule has 1 nitrogen and oxygen atoms in total. The monoisotopic (exact) mass is 162 g/mol. The van der Waals surface area contributed by atoms with Crippen LogP contribution in [0.2, 0.25) is 0 Å². The summed E-state index contributed by atoms with van der Waals surface area (Å²) >= 11 is 0. The second kappa shape index (κ2) is 4.13. The Morgan fingerprint density at radius 1 is 1.75 bits per heavy atom. The largest absolute Gasteiger partial charge is 0.366 e. The molecule has 0 spiro atoms. The Morgan fingerprint density at radius 3 is 3.08 bits per heavy atom. The summed E-state index contributed by atoms with van der Waals surface area (Å²) in [6.07, 6.45) is 14.0. The molecule has 1 aliphatic carbocycles. The Balaban J connectivity index is 2.54. The topological polar surface area (TPSA) is 9.23 Å². The first-order valence-electron chi connectivity index (χ1n) is 4.19. The Labute approximate surface area is 74.1 Å². The van der Waals surface area contributed by atoms with E-state index < -0.39 is 0 Å². The van der Waals surface area contributed by atoms with E-state index in [0.29, 0.717) is 13.0 Å². The van der Waals surface area contributed by atoms with Crippen LogP contribution in [0.15, 0.2) is 24.8 Å². The number of rotatable bonds is 4. The second-order valence-corrected chi connectivity index (χ2v) is 2.99. The highest BCUT2D eigenvalue weighted by atomic mass is 16.5. The van der Waals surface area contributed by atoms with Crippen LogP contribution in [0.4, 0.5) is 0 Å². The summed E-state index contributed by atoms with van der Waals surface area (Å²) in [7, 11) is 0. The minimum absolute atomic E-state index is 0.192. The van der Waals surface area contributed by atoms with E-state index in [0.717, 1.165) is 12.8 Å². The van der Waals surface area contributed by atoms with Crippen LogP contribution in [0.5, 0.6) is 0 Å². The first kappa shape index (κ1) is 9.09. The molecular weight excluding hydrogens is 148 g/mol. The van der Waals surface area contributed by atoms with Crippen molar-refractivity contribution in [3.8, 4) is 12.3 Å². The highest BCUT2D eigenvalue weighted by Crippen LogP contribution is 2.29. The molecule has 1 unspecified atom stereocenters. The van der Waals surface area contributed by atoms with Crippen LogP contribution < -0.4 is 0 Å². The molecule has 64 valence electrons. The summed E-state index contributed by atoms with van der Waals surface area (Å²) in [6.45, 7) is 4.19. The number of ether oxygens (including phenoxy) is 1. The van der Waals surface area contributed by atoms with Gasteiger partial charge in [0.05, 0.1) is 12.2 Å². The minimum Gasteiger partial charge on any atom is -0.366 e. The Kier molecular flexibility index (Phi) is 3.13. The van der Waals surface area contributed by atoms with Gasteiger partial charge in [-0.05, 0) is 12.8 Å². The standard InChI is InChI=1S/C11H14O/c1-3-7-11(12-10-4-2)8-5-6-9-11/h1,4-5,8H,2,6-7,9-10H2. The molecule has 0 aromatic carbocycles. The Bertz CT molecular complexity index is 222. The van der Waals surface area contributed by atoms with E-state index in [1.165, 1.54) is 0 Å². The van der Waals surface area contributed by atoms with E-state index in [-0.39, 0.29) is 5.60 Å². The van der Waals surface area contributed by atoms with Crippen LogP contribution in [0.1, 0.15) is 19.3 Å². The molecule has 1 atom stereocenters. The van der Waals surface area contributed by atoms with Crippen LogP contribution in [-0.4, -0.2) is 12.2 Å². The third-order valence-electron chi connectivity index (χ3n) is 2.05. The first-order valence-corrected chi connectivity index (χ1v) is 4.19. The van der Waals surface area contributed by atoms with Gasteiger partial charge in [-0.15, -0.1) is 18.9 Å². The summed E-state index contributed by atoms with van der Waals surface area (Å²) in [4.78, 5) is 0. The summed E-state index contributed by atoms with van der Waals surface area (Å²) in [6, 6.07) is 0. The van der Waals surface area contributed by atoms with Gasteiger partial charge in [-0.2, -0.15) is 0 Å². The first-order chi connectivity index (χ1) is 5.83. The minimum atomic E-state index is -0.192. The molecule has 0 N–H and O–H groups in total. The average Bonchev–Trinajstić information content (AvgIpc) is 2.51. The summed E-state index contributed by atoms with van der Waals surface area (Å²) in [5.74, 6) is 2.65. The van der Waals surface area contributed by atoms with Crippen molar-refractivity contribution in [3.05, 3.63) is 24.8 Å². The molecule has 0 fully saturated rings. The van der Waals surface area contributed by atoms with Crippen molar-refractivity contribution in [1.82, 2.24) is 0 Å². The van der Waals surface area contributed by atoms with Gasteiger partial charge in [0, 0.05) is 6.42 Å². The second-order valence-electron chi connectivity index (χ2n) is 2.99. The van der Waals surface area contributed by atoms with Crippen molar-refractivity contribution >= 4 is 0 Å². The van der Waals surface area contributed by atoms with Crippen LogP contribution in [0.25, 0.3) is 0 Å². The van der Waals surface area contributed by atoms with Gasteiger partial charge >= 0.3 is 0 Å². The van der Waals surface area contributed by atoms with Crippen molar-refractivity contribution in [2.24, 2.45) is 0 Å². The van der Waals surface area contributed by atoms with E-state index in [1.54, 1.807) is 6.08 Å². The molecule has 0 bridgehead atoms. The fraction of sp³-hybridized carbons (Fsp3) is 0.455. The van der Waals surface area contributed by atoms with E-state index >= 15 is 0 Å². The van der Waals surface area contributed by atoms with Gasteiger partial charge in [0.2, 0.25) is 0 Å². The highest BCUT2D eigenvalue weighted by Gasteiger charge is 2.28. The Hall–Kier alpha value is -1.00. The number of hydrogen-bond donors (Lipinski definition) is 0. The van der Waals surface area contributed by atoms with Gasteiger partial charge in [0.25, 0.3) is 0 Å². The molecule has 0 heterocycles. The number of allylic oxidation sites excluding steroid dienone is 1. The zero-order valence-electron chi connectivity index (χ0n) is 7.25. The molecule has 0 aromatic rings. The highest BCUT2D eigenvalue weighted by molar-refractivity contribution is 5.14. The van der Waals surface area contributed by atoms with Crippen molar-refractivity contribution in [2.45, 2.75) is 24.9 Å². The van der Waals surface area contributed by atoms with Crippen molar-refractivity contribution < 1.29 is 4.74 Å². The van der Waals surface area contributed by atoms with Crippen LogP contribution >= 0.6 is 0 Å².